The summed E-state index contributed by atoms with van der Waals surface area (Å²) in [5.74, 6) is -0.969. The molecule has 1 atom stereocenters. The van der Waals surface area contributed by atoms with Crippen molar-refractivity contribution in [3.63, 3.8) is 0 Å². The highest BCUT2D eigenvalue weighted by atomic mass is 35.5. The Bertz CT molecular complexity index is 1130. The second kappa shape index (κ2) is 10.1. The van der Waals surface area contributed by atoms with Crippen LogP contribution in [0, 0.1) is 0 Å². The summed E-state index contributed by atoms with van der Waals surface area (Å²) in [6.07, 6.45) is -1.02. The number of hydrogen-bond donors (Lipinski definition) is 4. The summed E-state index contributed by atoms with van der Waals surface area (Å²) in [5.41, 5.74) is 3.02. The molecular formula is C23H23ClN2O3. The molecular weight excluding hydrogens is 388 g/mol. The van der Waals surface area contributed by atoms with Crippen LogP contribution in [-0.4, -0.2) is 35.8 Å². The first-order valence-corrected chi connectivity index (χ1v) is 9.48. The fraction of sp³-hybridized carbons (Fsp3) is 0.174. The fourth-order valence-corrected chi connectivity index (χ4v) is 3.00. The summed E-state index contributed by atoms with van der Waals surface area (Å²) in [4.78, 5) is 11.2. The SMILES string of the molecule is [2H]c1cc([C@@H](O)CNCCNc2cccc(-c3cccc(C(=O)O)c3)c2)c([2H])c(Cl)c1[2H]. The zero-order valence-corrected chi connectivity index (χ0v) is 16.3. The van der Waals surface area contributed by atoms with E-state index in [4.69, 9.17) is 15.7 Å². The zero-order valence-electron chi connectivity index (χ0n) is 18.6. The maximum absolute atomic E-state index is 11.2. The van der Waals surface area contributed by atoms with Crippen molar-refractivity contribution in [3.05, 3.63) is 88.9 Å². The van der Waals surface area contributed by atoms with E-state index in [9.17, 15) is 15.0 Å². The third-order valence-electron chi connectivity index (χ3n) is 4.30. The summed E-state index contributed by atoms with van der Waals surface area (Å²) in [7, 11) is 0. The van der Waals surface area contributed by atoms with Gasteiger partial charge in [0, 0.05) is 30.3 Å². The quantitative estimate of drug-likeness (QED) is 0.390. The molecule has 150 valence electrons. The molecule has 0 saturated carbocycles. The normalized spacial score (nSPS) is 13.2. The van der Waals surface area contributed by atoms with Crippen LogP contribution in [0.5, 0.6) is 0 Å². The van der Waals surface area contributed by atoms with Gasteiger partial charge in [0.1, 0.15) is 0 Å². The lowest BCUT2D eigenvalue weighted by Crippen LogP contribution is -2.26. The third kappa shape index (κ3) is 6.06. The lowest BCUT2D eigenvalue weighted by atomic mass is 10.0. The molecule has 0 aliphatic rings. The number of aliphatic hydroxyl groups excluding tert-OH is 1. The lowest BCUT2D eigenvalue weighted by molar-refractivity contribution is 0.0697. The van der Waals surface area contributed by atoms with Gasteiger partial charge in [-0.15, -0.1) is 0 Å². The van der Waals surface area contributed by atoms with Crippen LogP contribution in [-0.2, 0) is 0 Å². The molecule has 0 spiro atoms. The third-order valence-corrected chi connectivity index (χ3v) is 4.49. The number of nitrogens with one attached hydrogen (secondary N) is 2. The van der Waals surface area contributed by atoms with Crippen molar-refractivity contribution in [1.29, 1.82) is 0 Å². The Balaban J connectivity index is 1.53. The second-order valence-electron chi connectivity index (χ2n) is 6.42. The monoisotopic (exact) mass is 413 g/mol. The molecule has 0 aliphatic heterocycles. The van der Waals surface area contributed by atoms with E-state index in [2.05, 4.69) is 10.6 Å². The van der Waals surface area contributed by atoms with Crippen LogP contribution in [0.1, 0.15) is 26.1 Å². The van der Waals surface area contributed by atoms with Gasteiger partial charge in [-0.05, 0) is 53.0 Å². The molecule has 5 nitrogen and oxygen atoms in total. The summed E-state index contributed by atoms with van der Waals surface area (Å²) < 4.78 is 23.3. The molecule has 6 heteroatoms. The van der Waals surface area contributed by atoms with Crippen molar-refractivity contribution < 1.29 is 19.1 Å². The average Bonchev–Trinajstić information content (AvgIpc) is 2.80. The molecule has 0 heterocycles. The van der Waals surface area contributed by atoms with Gasteiger partial charge >= 0.3 is 5.97 Å². The van der Waals surface area contributed by atoms with Gasteiger partial charge in [0.2, 0.25) is 0 Å². The number of halogens is 1. The Labute approximate surface area is 179 Å². The highest BCUT2D eigenvalue weighted by Gasteiger charge is 2.07. The molecule has 0 bridgehead atoms. The van der Waals surface area contributed by atoms with Crippen molar-refractivity contribution >= 4 is 23.3 Å². The number of hydrogen-bond acceptors (Lipinski definition) is 4. The molecule has 0 aromatic heterocycles. The van der Waals surface area contributed by atoms with E-state index in [1.807, 2.05) is 30.3 Å². The van der Waals surface area contributed by atoms with Crippen molar-refractivity contribution in [1.82, 2.24) is 5.32 Å². The van der Waals surface area contributed by atoms with Gasteiger partial charge in [-0.2, -0.15) is 0 Å². The molecule has 0 saturated heterocycles. The minimum absolute atomic E-state index is 0.129. The van der Waals surface area contributed by atoms with Gasteiger partial charge in [-0.25, -0.2) is 4.79 Å². The molecule has 3 rings (SSSR count). The predicted octanol–water partition coefficient (Wildman–Crippen LogP) is 4.44. The smallest absolute Gasteiger partial charge is 0.335 e. The van der Waals surface area contributed by atoms with Crippen molar-refractivity contribution in [2.75, 3.05) is 25.0 Å². The largest absolute Gasteiger partial charge is 0.478 e. The van der Waals surface area contributed by atoms with Crippen LogP contribution < -0.4 is 10.6 Å². The average molecular weight is 414 g/mol. The van der Waals surface area contributed by atoms with E-state index in [-0.39, 0.29) is 40.8 Å². The summed E-state index contributed by atoms with van der Waals surface area (Å²) >= 11 is 5.90. The van der Waals surface area contributed by atoms with E-state index in [0.29, 0.717) is 13.1 Å². The number of aromatic carboxylic acids is 1. The zero-order chi connectivity index (χ0) is 23.3. The van der Waals surface area contributed by atoms with E-state index in [0.717, 1.165) is 16.8 Å². The Kier molecular flexibility index (Phi) is 5.92. The molecule has 29 heavy (non-hydrogen) atoms. The minimum atomic E-state index is -1.02. The Hall–Kier alpha value is -2.86. The molecule has 0 aliphatic carbocycles. The highest BCUT2D eigenvalue weighted by Crippen LogP contribution is 2.23. The highest BCUT2D eigenvalue weighted by molar-refractivity contribution is 6.30. The maximum atomic E-state index is 11.2. The van der Waals surface area contributed by atoms with E-state index < -0.39 is 12.1 Å². The Morgan fingerprint density at radius 2 is 1.86 bits per heavy atom. The molecule has 0 radical (unpaired) electrons. The van der Waals surface area contributed by atoms with Gasteiger partial charge in [-0.1, -0.05) is 48.0 Å². The summed E-state index contributed by atoms with van der Waals surface area (Å²) in [5, 5.41) is 25.7. The maximum Gasteiger partial charge on any atom is 0.335 e. The van der Waals surface area contributed by atoms with Gasteiger partial charge in [-0.3, -0.25) is 0 Å². The van der Waals surface area contributed by atoms with Crippen LogP contribution in [0.3, 0.4) is 0 Å². The number of carbonyl (C=O) groups is 1. The van der Waals surface area contributed by atoms with Crippen molar-refractivity contribution in [3.8, 4) is 11.1 Å². The number of rotatable bonds is 9. The van der Waals surface area contributed by atoms with Crippen LogP contribution >= 0.6 is 11.6 Å². The van der Waals surface area contributed by atoms with E-state index in [1.165, 1.54) is 6.07 Å². The molecule has 0 unspecified atom stereocenters. The van der Waals surface area contributed by atoms with Crippen molar-refractivity contribution in [2.45, 2.75) is 6.10 Å². The first-order valence-electron chi connectivity index (χ1n) is 10.6. The fourth-order valence-electron chi connectivity index (χ4n) is 2.84. The second-order valence-corrected chi connectivity index (χ2v) is 6.80. The van der Waals surface area contributed by atoms with E-state index >= 15 is 0 Å². The number of aliphatic hydroxyl groups is 1. The van der Waals surface area contributed by atoms with Crippen LogP contribution in [0.2, 0.25) is 5.02 Å². The van der Waals surface area contributed by atoms with E-state index in [1.54, 1.807) is 18.2 Å². The first kappa shape index (κ1) is 17.0. The van der Waals surface area contributed by atoms with Crippen LogP contribution in [0.4, 0.5) is 5.69 Å². The van der Waals surface area contributed by atoms with Gasteiger partial charge in [0.15, 0.2) is 0 Å². The molecule has 3 aromatic carbocycles. The van der Waals surface area contributed by atoms with Crippen molar-refractivity contribution in [2.24, 2.45) is 0 Å². The summed E-state index contributed by atoms with van der Waals surface area (Å²) in [6, 6.07) is 15.2. The summed E-state index contributed by atoms with van der Waals surface area (Å²) in [6.45, 7) is 1.26. The topological polar surface area (TPSA) is 81.6 Å². The van der Waals surface area contributed by atoms with Gasteiger partial charge in [0.25, 0.3) is 0 Å². The number of carboxylic acids is 1. The lowest BCUT2D eigenvalue weighted by Gasteiger charge is -2.13. The first-order chi connectivity index (χ1) is 15.3. The number of anilines is 1. The Morgan fingerprint density at radius 3 is 2.66 bits per heavy atom. The predicted molar refractivity (Wildman–Crippen MR) is 117 cm³/mol. The minimum Gasteiger partial charge on any atom is -0.478 e. The van der Waals surface area contributed by atoms with Crippen LogP contribution in [0.15, 0.2) is 72.7 Å². The molecule has 0 amide bonds. The number of benzene rings is 3. The van der Waals surface area contributed by atoms with Gasteiger partial charge < -0.3 is 20.8 Å². The van der Waals surface area contributed by atoms with Crippen LogP contribution in [0.25, 0.3) is 11.1 Å². The van der Waals surface area contributed by atoms with Gasteiger partial charge in [0.05, 0.1) is 15.8 Å². The standard InChI is InChI=1S/C23H23ClN2O3/c24-20-8-2-6-18(13-20)22(27)15-25-10-11-26-21-9-3-5-17(14-21)16-4-1-7-19(12-16)23(28)29/h1-9,12-14,22,25-27H,10-11,15H2,(H,28,29)/t22-/m0/s1/i2D,8D,13D. The number of carboxylic acid groups (broad SMARTS) is 1. The molecule has 4 N–H and O–H groups in total. The molecule has 0 fully saturated rings. The Morgan fingerprint density at radius 1 is 1.10 bits per heavy atom. The molecule has 3 aromatic rings.